The second-order valence-corrected chi connectivity index (χ2v) is 7.63. The molecule has 5 rings (SSSR count). The molecule has 0 atom stereocenters. The molecule has 3 heterocycles. The summed E-state index contributed by atoms with van der Waals surface area (Å²) >= 11 is 0. The summed E-state index contributed by atoms with van der Waals surface area (Å²) in [5.41, 5.74) is 3.60. The fourth-order valence-corrected chi connectivity index (χ4v) is 4.00. The molecule has 1 aliphatic rings. The van der Waals surface area contributed by atoms with Gasteiger partial charge in [0.1, 0.15) is 11.5 Å². The van der Waals surface area contributed by atoms with E-state index in [2.05, 4.69) is 38.1 Å². The number of rotatable bonds is 3. The van der Waals surface area contributed by atoms with E-state index in [4.69, 9.17) is 0 Å². The number of nitrogens with zero attached hydrogens (tertiary/aromatic N) is 5. The SMILES string of the molecule is CN1CCN(c2cc(-c3ccncc3)c(-c3cccc4c(F)cccc34)nn2)CC1. The Balaban J connectivity index is 1.68. The lowest BCUT2D eigenvalue weighted by Crippen LogP contribution is -2.44. The molecule has 30 heavy (non-hydrogen) atoms. The Hall–Kier alpha value is -3.38. The highest BCUT2D eigenvalue weighted by Gasteiger charge is 2.20. The van der Waals surface area contributed by atoms with Crippen LogP contribution in [0.2, 0.25) is 0 Å². The summed E-state index contributed by atoms with van der Waals surface area (Å²) in [6.45, 7) is 3.83. The summed E-state index contributed by atoms with van der Waals surface area (Å²) in [6.07, 6.45) is 3.55. The fraction of sp³-hybridized carbons (Fsp3) is 0.208. The van der Waals surface area contributed by atoms with Crippen molar-refractivity contribution in [3.63, 3.8) is 0 Å². The maximum atomic E-state index is 14.4. The van der Waals surface area contributed by atoms with Crippen LogP contribution in [0.15, 0.2) is 67.0 Å². The summed E-state index contributed by atoms with van der Waals surface area (Å²) in [6, 6.07) is 16.8. The number of pyridine rings is 1. The van der Waals surface area contributed by atoms with Crippen LogP contribution in [0.5, 0.6) is 0 Å². The van der Waals surface area contributed by atoms with Crippen LogP contribution in [0, 0.1) is 5.82 Å². The van der Waals surface area contributed by atoms with Crippen molar-refractivity contribution in [1.82, 2.24) is 20.1 Å². The predicted molar refractivity (Wildman–Crippen MR) is 118 cm³/mol. The smallest absolute Gasteiger partial charge is 0.151 e. The molecule has 0 saturated carbocycles. The van der Waals surface area contributed by atoms with Crippen LogP contribution >= 0.6 is 0 Å². The van der Waals surface area contributed by atoms with Crippen LogP contribution in [-0.4, -0.2) is 53.3 Å². The Kier molecular flexibility index (Phi) is 4.85. The van der Waals surface area contributed by atoms with Gasteiger partial charge < -0.3 is 9.80 Å². The van der Waals surface area contributed by atoms with E-state index in [0.717, 1.165) is 59.8 Å². The molecule has 0 unspecified atom stereocenters. The van der Waals surface area contributed by atoms with Crippen LogP contribution in [0.25, 0.3) is 33.2 Å². The van der Waals surface area contributed by atoms with Crippen molar-refractivity contribution < 1.29 is 4.39 Å². The van der Waals surface area contributed by atoms with Crippen molar-refractivity contribution in [2.45, 2.75) is 0 Å². The minimum absolute atomic E-state index is 0.234. The van der Waals surface area contributed by atoms with Crippen molar-refractivity contribution in [2.24, 2.45) is 0 Å². The standard InChI is InChI=1S/C24H22FN5/c1-29-12-14-30(15-13-29)23-16-21(17-8-10-26-11-9-17)24(28-27-23)20-6-2-5-19-18(20)4-3-7-22(19)25/h2-11,16H,12-15H2,1H3. The maximum absolute atomic E-state index is 14.4. The van der Waals surface area contributed by atoms with E-state index in [1.54, 1.807) is 24.5 Å². The average molecular weight is 399 g/mol. The van der Waals surface area contributed by atoms with Gasteiger partial charge in [-0.25, -0.2) is 4.39 Å². The van der Waals surface area contributed by atoms with Crippen molar-refractivity contribution in [3.05, 3.63) is 72.8 Å². The molecule has 0 N–H and O–H groups in total. The van der Waals surface area contributed by atoms with E-state index in [9.17, 15) is 4.39 Å². The van der Waals surface area contributed by atoms with E-state index in [1.807, 2.05) is 30.3 Å². The number of halogens is 1. The summed E-state index contributed by atoms with van der Waals surface area (Å²) < 4.78 is 14.4. The van der Waals surface area contributed by atoms with Gasteiger partial charge >= 0.3 is 0 Å². The highest BCUT2D eigenvalue weighted by molar-refractivity contribution is 5.99. The lowest BCUT2D eigenvalue weighted by molar-refractivity contribution is 0.312. The van der Waals surface area contributed by atoms with Gasteiger partial charge in [-0.2, -0.15) is 0 Å². The zero-order chi connectivity index (χ0) is 20.5. The number of aromatic nitrogens is 3. The molecular formula is C24H22FN5. The normalized spacial score (nSPS) is 14.9. The largest absolute Gasteiger partial charge is 0.353 e. The van der Waals surface area contributed by atoms with Gasteiger partial charge in [0, 0.05) is 55.1 Å². The molecule has 0 amide bonds. The van der Waals surface area contributed by atoms with Crippen LogP contribution in [-0.2, 0) is 0 Å². The summed E-state index contributed by atoms with van der Waals surface area (Å²) in [7, 11) is 2.13. The molecule has 6 heteroatoms. The third kappa shape index (κ3) is 3.39. The van der Waals surface area contributed by atoms with Gasteiger partial charge in [-0.05, 0) is 42.3 Å². The molecule has 0 bridgehead atoms. The zero-order valence-electron chi connectivity index (χ0n) is 16.8. The summed E-state index contributed by atoms with van der Waals surface area (Å²) in [5, 5.41) is 10.6. The third-order valence-electron chi connectivity index (χ3n) is 5.72. The Bertz CT molecular complexity index is 1190. The average Bonchev–Trinajstić information content (AvgIpc) is 2.80. The molecule has 1 fully saturated rings. The number of fused-ring (bicyclic) bond motifs is 1. The molecule has 2 aromatic carbocycles. The lowest BCUT2D eigenvalue weighted by atomic mass is 9.96. The molecule has 4 aromatic rings. The Labute approximate surface area is 174 Å². The van der Waals surface area contributed by atoms with Crippen LogP contribution in [0.1, 0.15) is 0 Å². The van der Waals surface area contributed by atoms with Crippen molar-refractivity contribution >= 4 is 16.6 Å². The van der Waals surface area contributed by atoms with Crippen molar-refractivity contribution in [1.29, 1.82) is 0 Å². The fourth-order valence-electron chi connectivity index (χ4n) is 4.00. The maximum Gasteiger partial charge on any atom is 0.151 e. The molecule has 150 valence electrons. The van der Waals surface area contributed by atoms with Crippen molar-refractivity contribution in [2.75, 3.05) is 38.1 Å². The first-order valence-electron chi connectivity index (χ1n) is 10.1. The molecule has 1 aliphatic heterocycles. The molecule has 0 radical (unpaired) electrons. The topological polar surface area (TPSA) is 45.2 Å². The zero-order valence-corrected chi connectivity index (χ0v) is 16.8. The summed E-state index contributed by atoms with van der Waals surface area (Å²) in [4.78, 5) is 8.73. The molecule has 0 spiro atoms. The highest BCUT2D eigenvalue weighted by atomic mass is 19.1. The van der Waals surface area contributed by atoms with Gasteiger partial charge in [0.15, 0.2) is 5.82 Å². The van der Waals surface area contributed by atoms with Gasteiger partial charge in [0.2, 0.25) is 0 Å². The van der Waals surface area contributed by atoms with Crippen molar-refractivity contribution in [3.8, 4) is 22.4 Å². The van der Waals surface area contributed by atoms with E-state index in [1.165, 1.54) is 6.07 Å². The second kappa shape index (κ2) is 7.80. The number of hydrogen-bond acceptors (Lipinski definition) is 5. The van der Waals surface area contributed by atoms with Gasteiger partial charge in [-0.15, -0.1) is 10.2 Å². The first-order valence-corrected chi connectivity index (χ1v) is 10.1. The van der Waals surface area contributed by atoms with E-state index >= 15 is 0 Å². The summed E-state index contributed by atoms with van der Waals surface area (Å²) in [5.74, 6) is 0.631. The molecule has 2 aromatic heterocycles. The monoisotopic (exact) mass is 399 g/mol. The molecule has 1 saturated heterocycles. The molecule has 5 nitrogen and oxygen atoms in total. The number of anilines is 1. The highest BCUT2D eigenvalue weighted by Crippen LogP contribution is 2.36. The first-order chi connectivity index (χ1) is 14.7. The molecular weight excluding hydrogens is 377 g/mol. The number of benzene rings is 2. The number of likely N-dealkylation sites (N-methyl/N-ethyl adjacent to an activating group) is 1. The van der Waals surface area contributed by atoms with E-state index in [-0.39, 0.29) is 5.82 Å². The Morgan fingerprint density at radius 1 is 0.800 bits per heavy atom. The quantitative estimate of drug-likeness (QED) is 0.515. The minimum Gasteiger partial charge on any atom is -0.353 e. The van der Waals surface area contributed by atoms with Crippen LogP contribution in [0.4, 0.5) is 10.2 Å². The third-order valence-corrected chi connectivity index (χ3v) is 5.72. The Morgan fingerprint density at radius 3 is 2.33 bits per heavy atom. The van der Waals surface area contributed by atoms with Gasteiger partial charge in [0.25, 0.3) is 0 Å². The second-order valence-electron chi connectivity index (χ2n) is 7.63. The lowest BCUT2D eigenvalue weighted by Gasteiger charge is -2.33. The van der Waals surface area contributed by atoms with Crippen LogP contribution < -0.4 is 4.90 Å². The van der Waals surface area contributed by atoms with Gasteiger partial charge in [-0.3, -0.25) is 4.98 Å². The van der Waals surface area contributed by atoms with Gasteiger partial charge in [-0.1, -0.05) is 30.3 Å². The predicted octanol–water partition coefficient (Wildman–Crippen LogP) is 4.25. The Morgan fingerprint density at radius 2 is 1.53 bits per heavy atom. The van der Waals surface area contributed by atoms with E-state index < -0.39 is 0 Å². The van der Waals surface area contributed by atoms with E-state index in [0.29, 0.717) is 5.39 Å². The molecule has 0 aliphatic carbocycles. The van der Waals surface area contributed by atoms with Crippen LogP contribution in [0.3, 0.4) is 0 Å². The van der Waals surface area contributed by atoms with Gasteiger partial charge in [0.05, 0.1) is 0 Å². The number of piperazine rings is 1. The number of hydrogen-bond donors (Lipinski definition) is 0. The first kappa shape index (κ1) is 18.6. The minimum atomic E-state index is -0.234.